The summed E-state index contributed by atoms with van der Waals surface area (Å²) in [7, 11) is 0. The summed E-state index contributed by atoms with van der Waals surface area (Å²) in [5.74, 6) is -0.280. The maximum atomic E-state index is 16.1. The van der Waals surface area contributed by atoms with Crippen molar-refractivity contribution in [2.75, 3.05) is 31.5 Å². The number of piperidine rings is 1. The first-order chi connectivity index (χ1) is 19.6. The van der Waals surface area contributed by atoms with E-state index in [0.717, 1.165) is 38.0 Å². The largest absolute Gasteiger partial charge is 0.363 e. The van der Waals surface area contributed by atoms with E-state index in [0.29, 0.717) is 30.0 Å². The number of benzene rings is 1. The molecule has 0 unspecified atom stereocenters. The average molecular weight is 539 g/mol. The van der Waals surface area contributed by atoms with Crippen LogP contribution in [0.2, 0.25) is 0 Å². The first kappa shape index (κ1) is 25.9. The van der Waals surface area contributed by atoms with Gasteiger partial charge in [0.25, 0.3) is 0 Å². The van der Waals surface area contributed by atoms with Crippen molar-refractivity contribution in [3.05, 3.63) is 66.2 Å². The van der Waals surface area contributed by atoms with Crippen molar-refractivity contribution in [2.45, 2.75) is 44.7 Å². The molecule has 6 rings (SSSR count). The van der Waals surface area contributed by atoms with E-state index in [2.05, 4.69) is 20.3 Å². The van der Waals surface area contributed by atoms with Gasteiger partial charge in [0, 0.05) is 37.4 Å². The molecule has 1 N–H and O–H groups in total. The molecule has 1 atom stereocenters. The van der Waals surface area contributed by atoms with Crippen LogP contribution in [-0.2, 0) is 11.3 Å². The van der Waals surface area contributed by atoms with Crippen LogP contribution in [0, 0.1) is 17.1 Å². The number of nitrogens with one attached hydrogen (secondary N) is 1. The number of pyridine rings is 1. The molecule has 0 bridgehead atoms. The van der Waals surface area contributed by atoms with Gasteiger partial charge in [0.1, 0.15) is 12.1 Å². The number of carbonyl (C=O) groups is 1. The molecule has 1 aromatic carbocycles. The predicted molar refractivity (Wildman–Crippen MR) is 150 cm³/mol. The minimum atomic E-state index is -0.534. The molecule has 1 amide bonds. The number of hydrogen-bond donors (Lipinski definition) is 1. The van der Waals surface area contributed by atoms with Crippen LogP contribution in [0.15, 0.2) is 54.9 Å². The average Bonchev–Trinajstić information content (AvgIpc) is 3.65. The highest BCUT2D eigenvalue weighted by Crippen LogP contribution is 2.31. The van der Waals surface area contributed by atoms with Gasteiger partial charge in [-0.2, -0.15) is 10.4 Å². The predicted octanol–water partition coefficient (Wildman–Crippen LogP) is 4.51. The summed E-state index contributed by atoms with van der Waals surface area (Å²) >= 11 is 0. The Labute approximate surface area is 232 Å². The Morgan fingerprint density at radius 1 is 1.07 bits per heavy atom. The van der Waals surface area contributed by atoms with Gasteiger partial charge >= 0.3 is 0 Å². The molecule has 3 aromatic heterocycles. The molecule has 10 heteroatoms. The number of amides is 1. The lowest BCUT2D eigenvalue weighted by molar-refractivity contribution is -0.131. The zero-order valence-electron chi connectivity index (χ0n) is 22.3. The third-order valence-electron chi connectivity index (χ3n) is 7.70. The van der Waals surface area contributed by atoms with E-state index in [9.17, 15) is 4.79 Å². The quantitative estimate of drug-likeness (QED) is 0.369. The van der Waals surface area contributed by atoms with Crippen molar-refractivity contribution in [1.82, 2.24) is 29.4 Å². The Kier molecular flexibility index (Phi) is 7.38. The third kappa shape index (κ3) is 5.38. The lowest BCUT2D eigenvalue weighted by atomic mass is 10.0. The lowest BCUT2D eigenvalue weighted by Gasteiger charge is -2.33. The molecule has 0 spiro atoms. The Hall–Kier alpha value is -4.36. The molecule has 9 nitrogen and oxygen atoms in total. The van der Waals surface area contributed by atoms with Gasteiger partial charge in [-0.3, -0.25) is 9.69 Å². The van der Waals surface area contributed by atoms with Gasteiger partial charge in [-0.05, 0) is 56.5 Å². The lowest BCUT2D eigenvalue weighted by Crippen LogP contribution is -2.45. The minimum absolute atomic E-state index is 0.0935. The second kappa shape index (κ2) is 11.4. The molecule has 2 aliphatic heterocycles. The zero-order valence-corrected chi connectivity index (χ0v) is 22.3. The van der Waals surface area contributed by atoms with Crippen molar-refractivity contribution in [3.8, 4) is 28.7 Å². The molecule has 2 fully saturated rings. The van der Waals surface area contributed by atoms with Gasteiger partial charge in [0.05, 0.1) is 23.3 Å². The van der Waals surface area contributed by atoms with Gasteiger partial charge in [-0.25, -0.2) is 18.9 Å². The molecule has 40 heavy (non-hydrogen) atoms. The minimum Gasteiger partial charge on any atom is -0.363 e. The number of carbonyl (C=O) groups excluding carboxylic acids is 1. The van der Waals surface area contributed by atoms with Crippen molar-refractivity contribution in [1.29, 1.82) is 5.26 Å². The third-order valence-corrected chi connectivity index (χ3v) is 7.70. The van der Waals surface area contributed by atoms with E-state index >= 15 is 4.39 Å². The number of aromatic nitrogens is 4. The molecule has 204 valence electrons. The molecular weight excluding hydrogens is 507 g/mol. The second-order valence-electron chi connectivity index (χ2n) is 10.5. The van der Waals surface area contributed by atoms with E-state index in [4.69, 9.17) is 10.2 Å². The number of rotatable bonds is 7. The van der Waals surface area contributed by atoms with Crippen LogP contribution < -0.4 is 5.32 Å². The van der Waals surface area contributed by atoms with Crippen molar-refractivity contribution in [3.63, 3.8) is 0 Å². The Morgan fingerprint density at radius 3 is 2.70 bits per heavy atom. The number of halogens is 1. The van der Waals surface area contributed by atoms with Crippen molar-refractivity contribution in [2.24, 2.45) is 0 Å². The number of nitrogens with zero attached hydrogens (tertiary/aromatic N) is 7. The van der Waals surface area contributed by atoms with Crippen molar-refractivity contribution < 1.29 is 9.18 Å². The fourth-order valence-electron chi connectivity index (χ4n) is 5.62. The molecule has 5 heterocycles. The smallest absolute Gasteiger partial charge is 0.236 e. The van der Waals surface area contributed by atoms with Crippen LogP contribution in [0.3, 0.4) is 0 Å². The highest BCUT2D eigenvalue weighted by molar-refractivity contribution is 5.79. The fraction of sp³-hybridized carbons (Fsp3) is 0.367. The molecular formula is C30H31FN8O. The number of hydrogen-bond acceptors (Lipinski definition) is 7. The van der Waals surface area contributed by atoms with Gasteiger partial charge in [0.2, 0.25) is 5.91 Å². The van der Waals surface area contributed by atoms with Crippen LogP contribution in [0.5, 0.6) is 0 Å². The Morgan fingerprint density at radius 2 is 1.90 bits per heavy atom. The van der Waals surface area contributed by atoms with E-state index < -0.39 is 5.82 Å². The molecule has 4 aromatic rings. The van der Waals surface area contributed by atoms with Gasteiger partial charge in [-0.15, -0.1) is 0 Å². The van der Waals surface area contributed by atoms with Crippen LogP contribution in [-0.4, -0.2) is 67.5 Å². The second-order valence-corrected chi connectivity index (χ2v) is 10.5. The fourth-order valence-corrected chi connectivity index (χ4v) is 5.62. The van der Waals surface area contributed by atoms with E-state index in [1.807, 2.05) is 54.7 Å². The molecule has 0 radical (unpaired) electrons. The summed E-state index contributed by atoms with van der Waals surface area (Å²) in [6, 6.07) is 15.4. The first-order valence-corrected chi connectivity index (χ1v) is 13.8. The maximum Gasteiger partial charge on any atom is 0.236 e. The standard InChI is InChI=1S/C30H31FN8O/c31-27-28(22-10-8-21(9-11-22)19-37-14-3-4-15-37)35-29(24-18-33-39-17-2-1-7-25(24)39)36-30(27)34-23-6-5-16-38(20-23)26(40)12-13-32/h1-2,7-11,17-18,23H,3-6,12,14-16,19-20H2,(H,34,35,36)/t23-/m1/s1. The zero-order chi connectivity index (χ0) is 27.5. The van der Waals surface area contributed by atoms with Crippen LogP contribution in [0.1, 0.15) is 37.7 Å². The summed E-state index contributed by atoms with van der Waals surface area (Å²) in [6.07, 6.45) is 7.36. The summed E-state index contributed by atoms with van der Waals surface area (Å²) in [5.41, 5.74) is 3.58. The summed E-state index contributed by atoms with van der Waals surface area (Å²) < 4.78 is 17.9. The summed E-state index contributed by atoms with van der Waals surface area (Å²) in [5, 5.41) is 16.6. The van der Waals surface area contributed by atoms with Crippen molar-refractivity contribution >= 4 is 17.2 Å². The Bertz CT molecular complexity index is 1550. The van der Waals surface area contributed by atoms with Gasteiger partial charge < -0.3 is 10.2 Å². The SMILES string of the molecule is N#CCC(=O)N1CCC[C@@H](Nc2nc(-c3cnn4ccccc34)nc(-c3ccc(CN4CCCC4)cc3)c2F)C1. The topological polar surface area (TPSA) is 102 Å². The highest BCUT2D eigenvalue weighted by atomic mass is 19.1. The normalized spacial score (nSPS) is 17.7. The van der Waals surface area contributed by atoms with E-state index in [1.165, 1.54) is 18.4 Å². The monoisotopic (exact) mass is 538 g/mol. The van der Waals surface area contributed by atoms with Crippen LogP contribution >= 0.6 is 0 Å². The molecule has 2 aliphatic rings. The molecule has 0 saturated carbocycles. The number of likely N-dealkylation sites (tertiary alicyclic amines) is 2. The summed E-state index contributed by atoms with van der Waals surface area (Å²) in [6.45, 7) is 4.09. The van der Waals surface area contributed by atoms with Gasteiger partial charge in [-0.1, -0.05) is 30.3 Å². The van der Waals surface area contributed by atoms with Gasteiger partial charge in [0.15, 0.2) is 17.5 Å². The van der Waals surface area contributed by atoms with Crippen LogP contribution in [0.25, 0.3) is 28.2 Å². The summed E-state index contributed by atoms with van der Waals surface area (Å²) in [4.78, 5) is 25.8. The van der Waals surface area contributed by atoms with Crippen LogP contribution in [0.4, 0.5) is 10.2 Å². The number of fused-ring (bicyclic) bond motifs is 1. The Balaban J connectivity index is 1.35. The number of anilines is 1. The molecule has 0 aliphatic carbocycles. The first-order valence-electron chi connectivity index (χ1n) is 13.8. The van der Waals surface area contributed by atoms with E-state index in [1.54, 1.807) is 15.6 Å². The highest BCUT2D eigenvalue weighted by Gasteiger charge is 2.26. The maximum absolute atomic E-state index is 16.1. The van der Waals surface area contributed by atoms with E-state index in [-0.39, 0.29) is 29.9 Å². The molecule has 2 saturated heterocycles. The number of nitriles is 1.